The van der Waals surface area contributed by atoms with Crippen molar-refractivity contribution in [3.63, 3.8) is 0 Å². The summed E-state index contributed by atoms with van der Waals surface area (Å²) in [5, 5.41) is 4.19. The molecule has 3 nitrogen and oxygen atoms in total. The highest BCUT2D eigenvalue weighted by Crippen LogP contribution is 2.30. The Morgan fingerprint density at radius 3 is 2.86 bits per heavy atom. The Balaban J connectivity index is 2.22. The fraction of sp³-hybridized carbons (Fsp3) is 0.312. The Morgan fingerprint density at radius 2 is 2.19 bits per heavy atom. The third-order valence-corrected chi connectivity index (χ3v) is 4.02. The minimum absolute atomic E-state index is 0.123. The quantitative estimate of drug-likeness (QED) is 0.639. The summed E-state index contributed by atoms with van der Waals surface area (Å²) in [6.07, 6.45) is 0.853. The first-order chi connectivity index (χ1) is 10.2. The molecule has 3 rings (SSSR count). The van der Waals surface area contributed by atoms with Crippen molar-refractivity contribution in [1.82, 2.24) is 9.55 Å². The zero-order chi connectivity index (χ0) is 14.8. The van der Waals surface area contributed by atoms with Gasteiger partial charge < -0.3 is 4.74 Å². The number of benzene rings is 1. The van der Waals surface area contributed by atoms with Crippen molar-refractivity contribution in [2.75, 3.05) is 5.88 Å². The number of alkyl halides is 1. The number of aromatic nitrogens is 2. The van der Waals surface area contributed by atoms with Crippen LogP contribution in [0.3, 0.4) is 0 Å². The number of para-hydroxylation sites is 1. The lowest BCUT2D eigenvalue weighted by molar-refractivity contribution is 0.245. The molecule has 0 N–H and O–H groups in total. The molecule has 21 heavy (non-hydrogen) atoms. The van der Waals surface area contributed by atoms with Gasteiger partial charge in [0.1, 0.15) is 17.1 Å². The number of imidazole rings is 1. The van der Waals surface area contributed by atoms with E-state index in [4.69, 9.17) is 21.3 Å². The summed E-state index contributed by atoms with van der Waals surface area (Å²) in [4.78, 5) is 4.77. The third-order valence-electron chi connectivity index (χ3n) is 3.16. The summed E-state index contributed by atoms with van der Waals surface area (Å²) in [6.45, 7) is 4.04. The predicted molar refractivity (Wildman–Crippen MR) is 89.1 cm³/mol. The minimum atomic E-state index is 0.123. The summed E-state index contributed by atoms with van der Waals surface area (Å²) in [5.41, 5.74) is 3.09. The summed E-state index contributed by atoms with van der Waals surface area (Å²) in [7, 11) is 0. The Kier molecular flexibility index (Phi) is 4.17. The molecule has 0 aliphatic heterocycles. The van der Waals surface area contributed by atoms with E-state index in [1.54, 1.807) is 11.3 Å². The Hall–Kier alpha value is -1.52. The molecule has 3 aromatic rings. The molecule has 0 amide bonds. The molecule has 0 radical (unpaired) electrons. The number of nitrogens with zero attached hydrogens (tertiary/aromatic N) is 2. The number of halogens is 1. The van der Waals surface area contributed by atoms with Gasteiger partial charge in [-0.05, 0) is 37.4 Å². The Labute approximate surface area is 133 Å². The van der Waals surface area contributed by atoms with Crippen LogP contribution in [0.5, 0.6) is 5.75 Å². The van der Waals surface area contributed by atoms with Gasteiger partial charge in [0.2, 0.25) is 0 Å². The van der Waals surface area contributed by atoms with Crippen LogP contribution in [-0.2, 0) is 6.42 Å². The molecule has 110 valence electrons. The average Bonchev–Trinajstić information content (AvgIpc) is 3.05. The number of fused-ring (bicyclic) bond motifs is 1. The molecule has 0 saturated carbocycles. The maximum atomic E-state index is 5.94. The summed E-state index contributed by atoms with van der Waals surface area (Å²) in [6, 6.07) is 8.15. The number of hydrogen-bond acceptors (Lipinski definition) is 3. The first-order valence-corrected chi connectivity index (χ1v) is 8.44. The largest absolute Gasteiger partial charge is 0.489 e. The molecule has 0 saturated heterocycles. The molecule has 5 heteroatoms. The van der Waals surface area contributed by atoms with E-state index in [0.29, 0.717) is 5.88 Å². The van der Waals surface area contributed by atoms with Gasteiger partial charge in [-0.25, -0.2) is 4.98 Å². The minimum Gasteiger partial charge on any atom is -0.489 e. The van der Waals surface area contributed by atoms with Gasteiger partial charge in [-0.15, -0.1) is 11.6 Å². The topological polar surface area (TPSA) is 27.1 Å². The van der Waals surface area contributed by atoms with Crippen molar-refractivity contribution in [3.05, 3.63) is 40.8 Å². The standard InChI is InChI=1S/C16H17ClN2OS/c1-11(2)20-14-5-3-4-13-16(14)18-15(6-8-17)19(13)12-7-9-21-10-12/h3-5,7,9-11H,6,8H2,1-2H3. The zero-order valence-electron chi connectivity index (χ0n) is 12.0. The summed E-state index contributed by atoms with van der Waals surface area (Å²) in [5.74, 6) is 2.35. The average molecular weight is 321 g/mol. The summed E-state index contributed by atoms with van der Waals surface area (Å²) < 4.78 is 8.05. The second-order valence-electron chi connectivity index (χ2n) is 5.07. The van der Waals surface area contributed by atoms with Crippen molar-refractivity contribution in [2.24, 2.45) is 0 Å². The van der Waals surface area contributed by atoms with Crippen LogP contribution in [-0.4, -0.2) is 21.5 Å². The van der Waals surface area contributed by atoms with Crippen LogP contribution in [0, 0.1) is 0 Å². The molecule has 0 fully saturated rings. The number of ether oxygens (including phenoxy) is 1. The Morgan fingerprint density at radius 1 is 1.33 bits per heavy atom. The van der Waals surface area contributed by atoms with Crippen LogP contribution >= 0.6 is 22.9 Å². The van der Waals surface area contributed by atoms with Crippen molar-refractivity contribution in [2.45, 2.75) is 26.4 Å². The van der Waals surface area contributed by atoms with Gasteiger partial charge in [-0.1, -0.05) is 6.07 Å². The molecule has 0 aliphatic rings. The van der Waals surface area contributed by atoms with Gasteiger partial charge in [0.05, 0.1) is 17.3 Å². The highest BCUT2D eigenvalue weighted by Gasteiger charge is 2.16. The van der Waals surface area contributed by atoms with E-state index in [2.05, 4.69) is 27.5 Å². The molecular weight excluding hydrogens is 304 g/mol. The van der Waals surface area contributed by atoms with E-state index >= 15 is 0 Å². The van der Waals surface area contributed by atoms with Crippen LogP contribution in [0.15, 0.2) is 35.0 Å². The lowest BCUT2D eigenvalue weighted by Gasteiger charge is -2.10. The van der Waals surface area contributed by atoms with Crippen LogP contribution in [0.4, 0.5) is 0 Å². The van der Waals surface area contributed by atoms with Gasteiger partial charge in [0, 0.05) is 17.7 Å². The lowest BCUT2D eigenvalue weighted by Crippen LogP contribution is -2.05. The van der Waals surface area contributed by atoms with Crippen molar-refractivity contribution in [3.8, 4) is 11.4 Å². The predicted octanol–water partition coefficient (Wildman–Crippen LogP) is 4.66. The van der Waals surface area contributed by atoms with E-state index < -0.39 is 0 Å². The van der Waals surface area contributed by atoms with E-state index in [9.17, 15) is 0 Å². The second-order valence-corrected chi connectivity index (χ2v) is 6.23. The number of aryl methyl sites for hydroxylation is 1. The first-order valence-electron chi connectivity index (χ1n) is 6.96. The van der Waals surface area contributed by atoms with Crippen molar-refractivity contribution >= 4 is 34.0 Å². The molecule has 1 aromatic carbocycles. The van der Waals surface area contributed by atoms with Gasteiger partial charge in [-0.3, -0.25) is 4.57 Å². The van der Waals surface area contributed by atoms with E-state index in [0.717, 1.165) is 34.7 Å². The Bertz CT molecular complexity index is 734. The molecule has 0 spiro atoms. The molecule has 0 atom stereocenters. The van der Waals surface area contributed by atoms with Gasteiger partial charge in [0.15, 0.2) is 0 Å². The number of hydrogen-bond donors (Lipinski definition) is 0. The maximum absolute atomic E-state index is 5.94. The van der Waals surface area contributed by atoms with Crippen LogP contribution in [0.25, 0.3) is 16.7 Å². The van der Waals surface area contributed by atoms with Crippen LogP contribution in [0.2, 0.25) is 0 Å². The van der Waals surface area contributed by atoms with Crippen LogP contribution < -0.4 is 4.74 Å². The normalized spacial score (nSPS) is 11.4. The number of thiophene rings is 1. The van der Waals surface area contributed by atoms with Crippen LogP contribution in [0.1, 0.15) is 19.7 Å². The first kappa shape index (κ1) is 14.4. The van der Waals surface area contributed by atoms with E-state index in [1.165, 1.54) is 0 Å². The maximum Gasteiger partial charge on any atom is 0.147 e. The summed E-state index contributed by atoms with van der Waals surface area (Å²) >= 11 is 7.61. The van der Waals surface area contributed by atoms with E-state index in [-0.39, 0.29) is 6.10 Å². The second kappa shape index (κ2) is 6.08. The molecule has 2 aromatic heterocycles. The van der Waals surface area contributed by atoms with E-state index in [1.807, 2.05) is 26.0 Å². The molecule has 0 aliphatic carbocycles. The SMILES string of the molecule is CC(C)Oc1cccc2c1nc(CCCl)n2-c1ccsc1. The molecule has 0 bridgehead atoms. The van der Waals surface area contributed by atoms with Gasteiger partial charge in [0.25, 0.3) is 0 Å². The smallest absolute Gasteiger partial charge is 0.147 e. The highest BCUT2D eigenvalue weighted by atomic mass is 35.5. The van der Waals surface area contributed by atoms with Crippen molar-refractivity contribution in [1.29, 1.82) is 0 Å². The number of rotatable bonds is 5. The zero-order valence-corrected chi connectivity index (χ0v) is 13.6. The molecule has 2 heterocycles. The fourth-order valence-electron chi connectivity index (χ4n) is 2.40. The lowest BCUT2D eigenvalue weighted by atomic mass is 10.3. The molecule has 0 unspecified atom stereocenters. The highest BCUT2D eigenvalue weighted by molar-refractivity contribution is 7.08. The van der Waals surface area contributed by atoms with Gasteiger partial charge >= 0.3 is 0 Å². The third kappa shape index (κ3) is 2.78. The monoisotopic (exact) mass is 320 g/mol. The van der Waals surface area contributed by atoms with Gasteiger partial charge in [-0.2, -0.15) is 11.3 Å². The van der Waals surface area contributed by atoms with Crippen molar-refractivity contribution < 1.29 is 4.74 Å². The fourth-order valence-corrected chi connectivity index (χ4v) is 3.18. The molecular formula is C16H17ClN2OS.